The molecule has 1 aromatic rings. The van der Waals surface area contributed by atoms with Crippen LogP contribution < -0.4 is 15.6 Å². The van der Waals surface area contributed by atoms with Gasteiger partial charge in [0.1, 0.15) is 5.60 Å². The van der Waals surface area contributed by atoms with Crippen molar-refractivity contribution < 1.29 is 19.0 Å². The van der Waals surface area contributed by atoms with Gasteiger partial charge >= 0.3 is 6.09 Å². The van der Waals surface area contributed by atoms with E-state index in [-0.39, 0.29) is 12.0 Å². The van der Waals surface area contributed by atoms with Crippen molar-refractivity contribution >= 4 is 35.2 Å². The fourth-order valence-electron chi connectivity index (χ4n) is 5.47. The number of nitrogens with one attached hydrogen (secondary N) is 1. The number of nitrogens with zero attached hydrogens (tertiary/aromatic N) is 3. The Bertz CT molecular complexity index is 1140. The Morgan fingerprint density at radius 3 is 2.57 bits per heavy atom. The van der Waals surface area contributed by atoms with Crippen LogP contribution in [0.15, 0.2) is 21.3 Å². The van der Waals surface area contributed by atoms with E-state index < -0.39 is 11.7 Å². The first kappa shape index (κ1) is 24.5. The molecule has 5 rings (SSSR count). The van der Waals surface area contributed by atoms with Crippen LogP contribution in [0.1, 0.15) is 64.9 Å². The molecule has 4 heterocycles. The third kappa shape index (κ3) is 5.34. The topological polar surface area (TPSA) is 88.5 Å². The lowest BCUT2D eigenvalue weighted by molar-refractivity contribution is -0.0800. The molecule has 190 valence electrons. The van der Waals surface area contributed by atoms with Crippen LogP contribution in [-0.4, -0.2) is 48.6 Å². The van der Waals surface area contributed by atoms with Gasteiger partial charge in [0, 0.05) is 30.4 Å². The Morgan fingerprint density at radius 2 is 1.86 bits per heavy atom. The Kier molecular flexibility index (Phi) is 7.06. The molecule has 1 saturated heterocycles. The molecule has 1 aliphatic carbocycles. The first-order valence-electron chi connectivity index (χ1n) is 12.7. The number of hydrogen-bond donors (Lipinski definition) is 1. The van der Waals surface area contributed by atoms with E-state index >= 15 is 0 Å². The largest absolute Gasteiger partial charge is 0.443 e. The number of fused-ring (bicyclic) bond motifs is 3. The maximum Gasteiger partial charge on any atom is 0.415 e. The van der Waals surface area contributed by atoms with E-state index in [0.717, 1.165) is 79.3 Å². The van der Waals surface area contributed by atoms with E-state index in [1.54, 1.807) is 11.1 Å². The second kappa shape index (κ2) is 10.1. The molecule has 0 atom stereocenters. The number of hydrogen-bond acceptors (Lipinski definition) is 6. The zero-order chi connectivity index (χ0) is 24.6. The predicted molar refractivity (Wildman–Crippen MR) is 135 cm³/mol. The fourth-order valence-corrected chi connectivity index (χ4v) is 5.78. The predicted octanol–water partition coefficient (Wildman–Crippen LogP) is 4.50. The van der Waals surface area contributed by atoms with Crippen molar-refractivity contribution in [1.29, 1.82) is 0 Å². The number of carbonyl (C=O) groups excluding carboxylic acids is 1. The zero-order valence-corrected chi connectivity index (χ0v) is 21.6. The van der Waals surface area contributed by atoms with Crippen molar-refractivity contribution in [2.24, 2.45) is 16.1 Å². The minimum absolute atomic E-state index is 0.277. The van der Waals surface area contributed by atoms with Crippen LogP contribution in [-0.2, 0) is 20.8 Å². The average Bonchev–Trinajstić information content (AvgIpc) is 3.12. The minimum atomic E-state index is -0.603. The van der Waals surface area contributed by atoms with Crippen molar-refractivity contribution in [3.05, 3.63) is 27.4 Å². The maximum atomic E-state index is 13.3. The summed E-state index contributed by atoms with van der Waals surface area (Å²) in [6.45, 7) is 7.96. The van der Waals surface area contributed by atoms with Crippen molar-refractivity contribution in [3.63, 3.8) is 0 Å². The van der Waals surface area contributed by atoms with Crippen molar-refractivity contribution in [2.45, 2.75) is 83.6 Å². The first-order valence-corrected chi connectivity index (χ1v) is 13.1. The number of rotatable bonds is 3. The van der Waals surface area contributed by atoms with Gasteiger partial charge in [-0.2, -0.15) is 10.2 Å². The third-order valence-electron chi connectivity index (χ3n) is 7.10. The number of halogens is 1. The van der Waals surface area contributed by atoms with Crippen LogP contribution in [0.2, 0.25) is 0 Å². The van der Waals surface area contributed by atoms with Gasteiger partial charge in [0.05, 0.1) is 41.3 Å². The van der Waals surface area contributed by atoms with Gasteiger partial charge in [-0.15, -0.1) is 0 Å². The van der Waals surface area contributed by atoms with Crippen LogP contribution >= 0.6 is 11.6 Å². The number of allylic oxidation sites excluding steroid dienone is 1. The van der Waals surface area contributed by atoms with E-state index in [9.17, 15) is 4.79 Å². The number of azo groups is 1. The normalized spacial score (nSPS) is 25.3. The van der Waals surface area contributed by atoms with Crippen LogP contribution in [0.3, 0.4) is 0 Å². The smallest absolute Gasteiger partial charge is 0.415 e. The number of amides is 1. The molecule has 0 spiro atoms. The molecule has 1 N–H and O–H groups in total. The average molecular weight is 503 g/mol. The summed E-state index contributed by atoms with van der Waals surface area (Å²) in [6.07, 6.45) is 9.79. The van der Waals surface area contributed by atoms with Crippen LogP contribution in [0.5, 0.6) is 0 Å². The first-order chi connectivity index (χ1) is 16.8. The fraction of sp³-hybridized carbons (Fsp3) is 0.654. The number of ether oxygens (including phenoxy) is 3. The van der Waals surface area contributed by atoms with Crippen LogP contribution in [0.25, 0.3) is 11.8 Å². The van der Waals surface area contributed by atoms with Gasteiger partial charge in [0.15, 0.2) is 0 Å². The lowest BCUT2D eigenvalue weighted by Crippen LogP contribution is -2.39. The molecule has 0 unspecified atom stereocenters. The summed E-state index contributed by atoms with van der Waals surface area (Å²) < 4.78 is 17.6. The lowest BCUT2D eigenvalue weighted by atomic mass is 9.81. The monoisotopic (exact) mass is 502 g/mol. The molecule has 1 amide bonds. The maximum absolute atomic E-state index is 13.3. The molecular formula is C26H35ClN4O4. The summed E-state index contributed by atoms with van der Waals surface area (Å²) in [5, 5.41) is 10.7. The molecule has 0 aromatic carbocycles. The number of aromatic amines is 1. The summed E-state index contributed by atoms with van der Waals surface area (Å²) in [6, 6.07) is 0. The number of carbonyl (C=O) groups is 1. The van der Waals surface area contributed by atoms with E-state index in [2.05, 4.69) is 15.2 Å². The summed E-state index contributed by atoms with van der Waals surface area (Å²) in [5.74, 6) is 0.277. The van der Waals surface area contributed by atoms with Gasteiger partial charge in [0.2, 0.25) is 0 Å². The molecule has 1 saturated carbocycles. The van der Waals surface area contributed by atoms with Crippen molar-refractivity contribution in [1.82, 2.24) is 4.98 Å². The third-order valence-corrected chi connectivity index (χ3v) is 7.46. The summed E-state index contributed by atoms with van der Waals surface area (Å²) in [7, 11) is 0. The molecule has 0 radical (unpaired) electrons. The molecule has 0 bridgehead atoms. The minimum Gasteiger partial charge on any atom is -0.443 e. The van der Waals surface area contributed by atoms with Crippen molar-refractivity contribution in [3.8, 4) is 0 Å². The zero-order valence-electron chi connectivity index (χ0n) is 20.8. The lowest BCUT2D eigenvalue weighted by Gasteiger charge is -2.33. The molecule has 8 nitrogen and oxygen atoms in total. The van der Waals surface area contributed by atoms with Gasteiger partial charge in [0.25, 0.3) is 0 Å². The molecule has 1 aromatic heterocycles. The Labute approximate surface area is 211 Å². The molecule has 3 aliphatic heterocycles. The molecule has 35 heavy (non-hydrogen) atoms. The molecule has 2 fully saturated rings. The number of aromatic nitrogens is 1. The van der Waals surface area contributed by atoms with E-state index in [0.29, 0.717) is 24.2 Å². The number of anilines is 1. The second-order valence-electron chi connectivity index (χ2n) is 10.8. The molecule has 4 aliphatic rings. The highest BCUT2D eigenvalue weighted by Gasteiger charge is 2.34. The highest BCUT2D eigenvalue weighted by Crippen LogP contribution is 2.39. The highest BCUT2D eigenvalue weighted by molar-refractivity contribution is 6.36. The van der Waals surface area contributed by atoms with E-state index in [1.807, 2.05) is 26.8 Å². The highest BCUT2D eigenvalue weighted by atomic mass is 35.5. The van der Waals surface area contributed by atoms with Gasteiger partial charge in [-0.3, -0.25) is 4.90 Å². The summed E-state index contributed by atoms with van der Waals surface area (Å²) >= 11 is 6.93. The van der Waals surface area contributed by atoms with E-state index in [1.165, 1.54) is 0 Å². The molecule has 9 heteroatoms. The Balaban J connectivity index is 1.46. The van der Waals surface area contributed by atoms with Crippen molar-refractivity contribution in [2.75, 3.05) is 24.7 Å². The van der Waals surface area contributed by atoms with Crippen LogP contribution in [0.4, 0.5) is 10.5 Å². The SMILES string of the molecule is CC(C)(C)OC(=O)N1CC=C(Cl)C([C@H]2CC[C@H](OC3CCOCC3)CC2)=c2[nH]c3c(c21)CN=NC=3. The second-order valence-corrected chi connectivity index (χ2v) is 11.2. The van der Waals surface area contributed by atoms with Gasteiger partial charge in [-0.1, -0.05) is 11.6 Å². The standard InChI is InChI=1S/C26H35ClN4O4/c1-26(2,3)35-25(32)31-11-8-20(27)22(23-24(31)19-14-28-29-15-21(19)30-23)16-4-6-17(7-5-16)34-18-9-12-33-13-10-18/h8,15-18,30H,4-7,9-14H2,1-3H3/t16-,17-. The van der Waals surface area contributed by atoms with E-state index in [4.69, 9.17) is 25.8 Å². The van der Waals surface area contributed by atoms with Crippen LogP contribution in [0, 0.1) is 5.92 Å². The number of H-pyrrole nitrogens is 1. The quantitative estimate of drug-likeness (QED) is 0.659. The van der Waals surface area contributed by atoms with Gasteiger partial charge in [-0.05, 0) is 76.9 Å². The summed E-state index contributed by atoms with van der Waals surface area (Å²) in [5.41, 5.74) is 2.23. The Morgan fingerprint density at radius 1 is 1.14 bits per heavy atom. The van der Waals surface area contributed by atoms with Gasteiger partial charge < -0.3 is 19.2 Å². The van der Waals surface area contributed by atoms with Gasteiger partial charge in [-0.25, -0.2) is 4.79 Å². The molecular weight excluding hydrogens is 468 g/mol. The Hall–Kier alpha value is -2.16. The summed E-state index contributed by atoms with van der Waals surface area (Å²) in [4.78, 5) is 18.5.